The molecule has 3 nitrogen and oxygen atoms in total. The minimum Gasteiger partial charge on any atom is -0.310 e. The molecule has 2 aromatic rings. The molecule has 0 aliphatic rings. The van der Waals surface area contributed by atoms with Gasteiger partial charge < -0.3 is 5.32 Å². The van der Waals surface area contributed by atoms with Crippen LogP contribution in [0.1, 0.15) is 37.4 Å². The molecule has 108 valence electrons. The molecule has 0 amide bonds. The summed E-state index contributed by atoms with van der Waals surface area (Å²) in [7, 11) is 0. The number of benzene rings is 1. The first kappa shape index (κ1) is 14.7. The van der Waals surface area contributed by atoms with E-state index in [4.69, 9.17) is 0 Å². The van der Waals surface area contributed by atoms with Gasteiger partial charge in [0, 0.05) is 23.4 Å². The lowest BCUT2D eigenvalue weighted by Gasteiger charge is -2.13. The molecule has 20 heavy (non-hydrogen) atoms. The maximum atomic E-state index is 13.6. The number of nitrogens with zero attached hydrogens (tertiary/aromatic N) is 2. The predicted molar refractivity (Wildman–Crippen MR) is 74.4 cm³/mol. The van der Waals surface area contributed by atoms with Crippen molar-refractivity contribution in [3.63, 3.8) is 0 Å². The van der Waals surface area contributed by atoms with Crippen molar-refractivity contribution in [1.29, 1.82) is 0 Å². The van der Waals surface area contributed by atoms with E-state index in [-0.39, 0.29) is 12.6 Å². The first-order valence-corrected chi connectivity index (χ1v) is 6.83. The van der Waals surface area contributed by atoms with Crippen molar-refractivity contribution in [2.24, 2.45) is 0 Å². The number of hydrogen-bond donors (Lipinski definition) is 1. The normalized spacial score (nSPS) is 12.6. The van der Waals surface area contributed by atoms with Gasteiger partial charge in [-0.1, -0.05) is 13.8 Å². The number of aromatic nitrogens is 2. The van der Waals surface area contributed by atoms with E-state index >= 15 is 0 Å². The third kappa shape index (κ3) is 3.42. The van der Waals surface area contributed by atoms with Gasteiger partial charge >= 0.3 is 0 Å². The van der Waals surface area contributed by atoms with Gasteiger partial charge in [0.05, 0.1) is 12.7 Å². The highest BCUT2D eigenvalue weighted by Crippen LogP contribution is 2.17. The second-order valence-electron chi connectivity index (χ2n) is 4.73. The Hall–Kier alpha value is -1.75. The predicted octanol–water partition coefficient (Wildman–Crippen LogP) is 3.27. The lowest BCUT2D eigenvalue weighted by Crippen LogP contribution is -2.19. The molecule has 1 atom stereocenters. The summed E-state index contributed by atoms with van der Waals surface area (Å²) in [6.07, 6.45) is 4.60. The molecule has 1 heterocycles. The van der Waals surface area contributed by atoms with Gasteiger partial charge in [-0.3, -0.25) is 4.68 Å². The van der Waals surface area contributed by atoms with Crippen molar-refractivity contribution >= 4 is 0 Å². The summed E-state index contributed by atoms with van der Waals surface area (Å²) in [4.78, 5) is 0. The van der Waals surface area contributed by atoms with Crippen molar-refractivity contribution in [2.75, 3.05) is 6.54 Å². The molecule has 0 radical (unpaired) electrons. The Bertz CT molecular complexity index is 566. The van der Waals surface area contributed by atoms with Gasteiger partial charge in [0.2, 0.25) is 0 Å². The van der Waals surface area contributed by atoms with E-state index in [0.29, 0.717) is 5.56 Å². The van der Waals surface area contributed by atoms with Crippen LogP contribution in [0.3, 0.4) is 0 Å². The van der Waals surface area contributed by atoms with Crippen molar-refractivity contribution in [3.8, 4) is 0 Å². The minimum absolute atomic E-state index is 0.228. The summed E-state index contributed by atoms with van der Waals surface area (Å²) < 4.78 is 28.4. The van der Waals surface area contributed by atoms with Gasteiger partial charge in [0.1, 0.15) is 11.6 Å². The third-order valence-electron chi connectivity index (χ3n) is 3.25. The summed E-state index contributed by atoms with van der Waals surface area (Å²) in [6.45, 7) is 5.25. The molecular formula is C15H19F2N3. The summed E-state index contributed by atoms with van der Waals surface area (Å²) in [6, 6.07) is 3.71. The fourth-order valence-corrected chi connectivity index (χ4v) is 2.23. The van der Waals surface area contributed by atoms with Crippen molar-refractivity contribution < 1.29 is 8.78 Å². The van der Waals surface area contributed by atoms with Crippen molar-refractivity contribution in [1.82, 2.24) is 15.1 Å². The molecule has 1 N–H and O–H groups in total. The Kier molecular flexibility index (Phi) is 4.84. The molecule has 1 unspecified atom stereocenters. The van der Waals surface area contributed by atoms with E-state index < -0.39 is 11.6 Å². The lowest BCUT2D eigenvalue weighted by molar-refractivity contribution is 0.535. The number of rotatable bonds is 6. The van der Waals surface area contributed by atoms with Gasteiger partial charge in [-0.05, 0) is 31.2 Å². The quantitative estimate of drug-likeness (QED) is 0.879. The molecule has 0 bridgehead atoms. The highest BCUT2D eigenvalue weighted by atomic mass is 19.1. The topological polar surface area (TPSA) is 29.9 Å². The van der Waals surface area contributed by atoms with Crippen LogP contribution in [0.2, 0.25) is 0 Å². The molecule has 0 saturated heterocycles. The fourth-order valence-electron chi connectivity index (χ4n) is 2.23. The fraction of sp³-hybridized carbons (Fsp3) is 0.400. The highest BCUT2D eigenvalue weighted by molar-refractivity contribution is 5.19. The lowest BCUT2D eigenvalue weighted by atomic mass is 10.1. The van der Waals surface area contributed by atoms with E-state index in [9.17, 15) is 8.78 Å². The Labute approximate surface area is 117 Å². The van der Waals surface area contributed by atoms with Gasteiger partial charge in [0.15, 0.2) is 0 Å². The van der Waals surface area contributed by atoms with Crippen LogP contribution in [0.15, 0.2) is 30.6 Å². The van der Waals surface area contributed by atoms with Crippen LogP contribution in [-0.4, -0.2) is 16.3 Å². The minimum atomic E-state index is -0.437. The first-order valence-electron chi connectivity index (χ1n) is 6.83. The van der Waals surface area contributed by atoms with E-state index in [2.05, 4.69) is 24.3 Å². The maximum Gasteiger partial charge on any atom is 0.128 e. The monoisotopic (exact) mass is 279 g/mol. The van der Waals surface area contributed by atoms with Gasteiger partial charge in [-0.2, -0.15) is 5.10 Å². The van der Waals surface area contributed by atoms with Crippen LogP contribution in [0.4, 0.5) is 8.78 Å². The number of halogens is 2. The van der Waals surface area contributed by atoms with Crippen LogP contribution in [0.5, 0.6) is 0 Å². The van der Waals surface area contributed by atoms with Crippen LogP contribution in [-0.2, 0) is 6.54 Å². The van der Waals surface area contributed by atoms with E-state index in [1.165, 1.54) is 6.07 Å². The van der Waals surface area contributed by atoms with Crippen molar-refractivity contribution in [3.05, 3.63) is 53.4 Å². The average Bonchev–Trinajstić information content (AvgIpc) is 2.88. The molecule has 2 rings (SSSR count). The SMILES string of the molecule is CCNC(CC)c1cnn(Cc2cc(F)ccc2F)c1. The molecule has 5 heteroatoms. The molecule has 1 aromatic heterocycles. The number of hydrogen-bond acceptors (Lipinski definition) is 2. The highest BCUT2D eigenvalue weighted by Gasteiger charge is 2.11. The number of nitrogens with one attached hydrogen (secondary N) is 1. The standard InChI is InChI=1S/C15H19F2N3/c1-3-15(18-4-2)12-8-19-20(10-12)9-11-7-13(16)5-6-14(11)17/h5-8,10,15,18H,3-4,9H2,1-2H3. The van der Waals surface area contributed by atoms with Gasteiger partial charge in [0.25, 0.3) is 0 Å². The second kappa shape index (κ2) is 6.61. The average molecular weight is 279 g/mol. The van der Waals surface area contributed by atoms with Gasteiger partial charge in [-0.25, -0.2) is 8.78 Å². The molecule has 1 aromatic carbocycles. The van der Waals surface area contributed by atoms with Crippen LogP contribution in [0, 0.1) is 11.6 Å². The summed E-state index contributed by atoms with van der Waals surface area (Å²) >= 11 is 0. The Morgan fingerprint density at radius 3 is 2.80 bits per heavy atom. The van der Waals surface area contributed by atoms with Crippen LogP contribution in [0.25, 0.3) is 0 Å². The Balaban J connectivity index is 2.14. The first-order chi connectivity index (χ1) is 9.63. The summed E-state index contributed by atoms with van der Waals surface area (Å²) in [5.41, 5.74) is 1.36. The van der Waals surface area contributed by atoms with Crippen LogP contribution < -0.4 is 5.32 Å². The smallest absolute Gasteiger partial charge is 0.128 e. The van der Waals surface area contributed by atoms with E-state index in [1.54, 1.807) is 10.9 Å². The van der Waals surface area contributed by atoms with E-state index in [1.807, 2.05) is 6.20 Å². The summed E-state index contributed by atoms with van der Waals surface area (Å²) in [5, 5.41) is 7.58. The molecule has 0 aliphatic heterocycles. The zero-order chi connectivity index (χ0) is 14.5. The molecular weight excluding hydrogens is 260 g/mol. The van der Waals surface area contributed by atoms with Gasteiger partial charge in [-0.15, -0.1) is 0 Å². The summed E-state index contributed by atoms with van der Waals surface area (Å²) in [5.74, 6) is -0.852. The molecule has 0 spiro atoms. The molecule has 0 saturated carbocycles. The van der Waals surface area contributed by atoms with Crippen LogP contribution >= 0.6 is 0 Å². The molecule has 0 aliphatic carbocycles. The zero-order valence-corrected chi connectivity index (χ0v) is 11.7. The maximum absolute atomic E-state index is 13.6. The second-order valence-corrected chi connectivity index (χ2v) is 4.73. The Morgan fingerprint density at radius 1 is 1.30 bits per heavy atom. The Morgan fingerprint density at radius 2 is 2.10 bits per heavy atom. The van der Waals surface area contributed by atoms with Crippen molar-refractivity contribution in [2.45, 2.75) is 32.9 Å². The zero-order valence-electron chi connectivity index (χ0n) is 11.7. The van der Waals surface area contributed by atoms with E-state index in [0.717, 1.165) is 30.7 Å². The molecule has 0 fully saturated rings. The largest absolute Gasteiger partial charge is 0.310 e. The third-order valence-corrected chi connectivity index (χ3v) is 3.25.